The van der Waals surface area contributed by atoms with Crippen LogP contribution in [-0.4, -0.2) is 48.9 Å². The van der Waals surface area contributed by atoms with Gasteiger partial charge in [-0.3, -0.25) is 9.59 Å². The van der Waals surface area contributed by atoms with Crippen LogP contribution in [0.1, 0.15) is 20.3 Å². The number of amides is 2. The average Bonchev–Trinajstić information content (AvgIpc) is 3.09. The van der Waals surface area contributed by atoms with Crippen molar-refractivity contribution in [2.75, 3.05) is 31.1 Å². The number of benzene rings is 1. The summed E-state index contributed by atoms with van der Waals surface area (Å²) in [6.45, 7) is 6.55. The number of nitrogens with one attached hydrogen (secondary N) is 1. The first kappa shape index (κ1) is 16.8. The molecule has 2 heterocycles. The quantitative estimate of drug-likeness (QED) is 0.926. The Morgan fingerprint density at radius 1 is 1.21 bits per heavy atom. The number of hydrogen-bond donors (Lipinski definition) is 1. The molecule has 0 spiro atoms. The van der Waals surface area contributed by atoms with Crippen molar-refractivity contribution in [3.63, 3.8) is 0 Å². The minimum atomic E-state index is -0.454. The first-order valence-electron chi connectivity index (χ1n) is 8.39. The summed E-state index contributed by atoms with van der Waals surface area (Å²) in [6, 6.07) is 8.09. The Hall–Kier alpha value is -2.08. The van der Waals surface area contributed by atoms with Crippen LogP contribution in [0.5, 0.6) is 0 Å². The Bertz CT molecular complexity index is 735. The molecule has 1 saturated heterocycles. The van der Waals surface area contributed by atoms with Gasteiger partial charge in [-0.25, -0.2) is 0 Å². The molecule has 1 N–H and O–H groups in total. The summed E-state index contributed by atoms with van der Waals surface area (Å²) in [5, 5.41) is 6.15. The summed E-state index contributed by atoms with van der Waals surface area (Å²) in [6.07, 6.45) is 0.399. The van der Waals surface area contributed by atoms with Crippen LogP contribution >= 0.6 is 11.3 Å². The Balaban J connectivity index is 1.62. The van der Waals surface area contributed by atoms with Gasteiger partial charge in [-0.15, -0.1) is 11.3 Å². The van der Waals surface area contributed by atoms with Crippen LogP contribution < -0.4 is 10.2 Å². The van der Waals surface area contributed by atoms with E-state index in [2.05, 4.69) is 39.9 Å². The number of nitrogens with zero attached hydrogens (tertiary/aromatic N) is 2. The van der Waals surface area contributed by atoms with E-state index in [0.717, 1.165) is 13.1 Å². The standard InChI is InChI=1S/C18H23N3O2S/c1-3-17(22)19-13(2)18(23)21-10-8-20(9-11-21)15-5-4-6-16-14(15)7-12-24-16/h4-7,12-13H,3,8-11H2,1-2H3,(H,19,22). The number of carbonyl (C=O) groups is 2. The normalized spacial score (nSPS) is 16.2. The van der Waals surface area contributed by atoms with Crippen LogP contribution in [0.15, 0.2) is 29.6 Å². The summed E-state index contributed by atoms with van der Waals surface area (Å²) >= 11 is 1.75. The summed E-state index contributed by atoms with van der Waals surface area (Å²) in [5.41, 5.74) is 1.24. The summed E-state index contributed by atoms with van der Waals surface area (Å²) in [5.74, 6) is -0.0798. The maximum atomic E-state index is 12.5. The van der Waals surface area contributed by atoms with Gasteiger partial charge < -0.3 is 15.1 Å². The zero-order chi connectivity index (χ0) is 17.1. The van der Waals surface area contributed by atoms with Gasteiger partial charge in [-0.1, -0.05) is 13.0 Å². The third-order valence-corrected chi connectivity index (χ3v) is 5.36. The molecule has 3 rings (SSSR count). The maximum absolute atomic E-state index is 12.5. The van der Waals surface area contributed by atoms with E-state index in [1.165, 1.54) is 15.8 Å². The lowest BCUT2D eigenvalue weighted by Gasteiger charge is -2.37. The van der Waals surface area contributed by atoms with E-state index >= 15 is 0 Å². The van der Waals surface area contributed by atoms with Crippen molar-refractivity contribution in [1.29, 1.82) is 0 Å². The lowest BCUT2D eigenvalue weighted by atomic mass is 10.1. The molecule has 0 saturated carbocycles. The van der Waals surface area contributed by atoms with Crippen LogP contribution in [0.3, 0.4) is 0 Å². The van der Waals surface area contributed by atoms with Crippen LogP contribution in [0.4, 0.5) is 5.69 Å². The van der Waals surface area contributed by atoms with Gasteiger partial charge in [0.15, 0.2) is 0 Å². The first-order valence-corrected chi connectivity index (χ1v) is 9.27. The van der Waals surface area contributed by atoms with Crippen LogP contribution in [0, 0.1) is 0 Å². The minimum Gasteiger partial charge on any atom is -0.367 e. The van der Waals surface area contributed by atoms with Crippen LogP contribution in [-0.2, 0) is 9.59 Å². The predicted molar refractivity (Wildman–Crippen MR) is 98.5 cm³/mol. The highest BCUT2D eigenvalue weighted by Gasteiger charge is 2.26. The summed E-state index contributed by atoms with van der Waals surface area (Å²) in [7, 11) is 0. The number of rotatable bonds is 4. The van der Waals surface area contributed by atoms with Crippen molar-refractivity contribution < 1.29 is 9.59 Å². The number of piperazine rings is 1. The molecule has 2 amide bonds. The molecule has 1 fully saturated rings. The van der Waals surface area contributed by atoms with Crippen molar-refractivity contribution in [1.82, 2.24) is 10.2 Å². The Morgan fingerprint density at radius 2 is 1.96 bits per heavy atom. The highest BCUT2D eigenvalue weighted by molar-refractivity contribution is 7.17. The lowest BCUT2D eigenvalue weighted by molar-refractivity contribution is -0.136. The van der Waals surface area contributed by atoms with Gasteiger partial charge in [0, 0.05) is 48.4 Å². The molecule has 2 aromatic rings. The molecule has 0 bridgehead atoms. The van der Waals surface area contributed by atoms with E-state index < -0.39 is 6.04 Å². The van der Waals surface area contributed by atoms with Crippen LogP contribution in [0.2, 0.25) is 0 Å². The Kier molecular flexibility index (Phi) is 5.04. The number of fused-ring (bicyclic) bond motifs is 1. The van der Waals surface area contributed by atoms with Crippen molar-refractivity contribution in [2.24, 2.45) is 0 Å². The molecule has 1 aromatic carbocycles. The van der Waals surface area contributed by atoms with Gasteiger partial charge in [0.05, 0.1) is 0 Å². The van der Waals surface area contributed by atoms with E-state index in [-0.39, 0.29) is 11.8 Å². The zero-order valence-electron chi connectivity index (χ0n) is 14.1. The monoisotopic (exact) mass is 345 g/mol. The molecular weight excluding hydrogens is 322 g/mol. The van der Waals surface area contributed by atoms with E-state index in [1.54, 1.807) is 25.2 Å². The second kappa shape index (κ2) is 7.21. The molecule has 1 atom stereocenters. The Labute approximate surface area is 146 Å². The highest BCUT2D eigenvalue weighted by atomic mass is 32.1. The van der Waals surface area contributed by atoms with Crippen molar-refractivity contribution in [3.8, 4) is 0 Å². The zero-order valence-corrected chi connectivity index (χ0v) is 14.9. The fourth-order valence-electron chi connectivity index (χ4n) is 3.10. The predicted octanol–water partition coefficient (Wildman–Crippen LogP) is 2.46. The van der Waals surface area contributed by atoms with Crippen molar-refractivity contribution in [3.05, 3.63) is 29.6 Å². The molecule has 6 heteroatoms. The molecule has 0 radical (unpaired) electrons. The summed E-state index contributed by atoms with van der Waals surface area (Å²) < 4.78 is 1.29. The van der Waals surface area contributed by atoms with Crippen LogP contribution in [0.25, 0.3) is 10.1 Å². The number of carbonyl (C=O) groups excluding carboxylic acids is 2. The number of anilines is 1. The average molecular weight is 345 g/mol. The van der Waals surface area contributed by atoms with E-state index in [0.29, 0.717) is 19.5 Å². The second-order valence-electron chi connectivity index (χ2n) is 6.06. The van der Waals surface area contributed by atoms with E-state index in [9.17, 15) is 9.59 Å². The van der Waals surface area contributed by atoms with Crippen molar-refractivity contribution in [2.45, 2.75) is 26.3 Å². The molecule has 1 aliphatic heterocycles. The molecule has 24 heavy (non-hydrogen) atoms. The molecule has 5 nitrogen and oxygen atoms in total. The SMILES string of the molecule is CCC(=O)NC(C)C(=O)N1CCN(c2cccc3sccc23)CC1. The molecule has 1 aromatic heterocycles. The molecule has 1 unspecified atom stereocenters. The molecule has 1 aliphatic rings. The Morgan fingerprint density at radius 3 is 2.67 bits per heavy atom. The van der Waals surface area contributed by atoms with Gasteiger partial charge in [-0.2, -0.15) is 0 Å². The number of hydrogen-bond acceptors (Lipinski definition) is 4. The third-order valence-electron chi connectivity index (χ3n) is 4.47. The fourth-order valence-corrected chi connectivity index (χ4v) is 3.91. The highest BCUT2D eigenvalue weighted by Crippen LogP contribution is 2.31. The number of thiophene rings is 1. The fraction of sp³-hybridized carbons (Fsp3) is 0.444. The van der Waals surface area contributed by atoms with E-state index in [1.807, 2.05) is 4.90 Å². The van der Waals surface area contributed by atoms with Gasteiger partial charge in [0.1, 0.15) is 6.04 Å². The minimum absolute atomic E-state index is 0.00481. The second-order valence-corrected chi connectivity index (χ2v) is 7.01. The topological polar surface area (TPSA) is 52.7 Å². The van der Waals surface area contributed by atoms with Gasteiger partial charge in [0.2, 0.25) is 11.8 Å². The first-order chi connectivity index (χ1) is 11.6. The van der Waals surface area contributed by atoms with Gasteiger partial charge >= 0.3 is 0 Å². The lowest BCUT2D eigenvalue weighted by Crippen LogP contribution is -2.54. The maximum Gasteiger partial charge on any atom is 0.244 e. The molecule has 0 aliphatic carbocycles. The van der Waals surface area contributed by atoms with Gasteiger partial charge in [-0.05, 0) is 30.5 Å². The summed E-state index contributed by atoms with van der Waals surface area (Å²) in [4.78, 5) is 28.1. The smallest absolute Gasteiger partial charge is 0.244 e. The van der Waals surface area contributed by atoms with Crippen molar-refractivity contribution >= 4 is 38.9 Å². The molecular formula is C18H23N3O2S. The molecule has 128 valence electrons. The van der Waals surface area contributed by atoms with Gasteiger partial charge in [0.25, 0.3) is 0 Å². The largest absolute Gasteiger partial charge is 0.367 e. The van der Waals surface area contributed by atoms with E-state index in [4.69, 9.17) is 0 Å². The third kappa shape index (κ3) is 3.38.